The maximum absolute atomic E-state index is 12.4. The zero-order valence-corrected chi connectivity index (χ0v) is 16.8. The topological polar surface area (TPSA) is 113 Å². The molecule has 0 saturated heterocycles. The number of amides is 1. The summed E-state index contributed by atoms with van der Waals surface area (Å²) in [6.07, 6.45) is 1.36. The van der Waals surface area contributed by atoms with E-state index in [1.807, 2.05) is 25.1 Å². The molecule has 0 saturated carbocycles. The number of nitriles is 1. The van der Waals surface area contributed by atoms with E-state index >= 15 is 0 Å². The van der Waals surface area contributed by atoms with Gasteiger partial charge in [-0.1, -0.05) is 15.9 Å². The molecule has 2 heterocycles. The largest absolute Gasteiger partial charge is 0.386 e. The zero-order chi connectivity index (χ0) is 18.7. The molecule has 140 valence electrons. The number of anilines is 1. The van der Waals surface area contributed by atoms with Crippen molar-refractivity contribution in [2.75, 3.05) is 18.5 Å². The Bertz CT molecular complexity index is 926. The number of amidine groups is 1. The molecule has 27 heavy (non-hydrogen) atoms. The van der Waals surface area contributed by atoms with Crippen molar-refractivity contribution in [3.63, 3.8) is 0 Å². The smallest absolute Gasteiger partial charge is 0.274 e. The van der Waals surface area contributed by atoms with E-state index in [4.69, 9.17) is 15.7 Å². The minimum Gasteiger partial charge on any atom is -0.386 e. The van der Waals surface area contributed by atoms with E-state index in [0.717, 1.165) is 10.0 Å². The summed E-state index contributed by atoms with van der Waals surface area (Å²) in [5.41, 5.74) is 7.26. The first-order valence-corrected chi connectivity index (χ1v) is 8.59. The Morgan fingerprint density at radius 3 is 2.81 bits per heavy atom. The van der Waals surface area contributed by atoms with Crippen LogP contribution in [-0.2, 0) is 10.3 Å². The Morgan fingerprint density at radius 2 is 2.19 bits per heavy atom. The van der Waals surface area contributed by atoms with Crippen LogP contribution in [0.15, 0.2) is 46.0 Å². The van der Waals surface area contributed by atoms with Gasteiger partial charge in [0.25, 0.3) is 5.91 Å². The molecule has 1 amide bonds. The summed E-state index contributed by atoms with van der Waals surface area (Å²) < 4.78 is 6.30. The molecular formula is C18H17BrClN5O2. The van der Waals surface area contributed by atoms with Crippen molar-refractivity contribution in [1.82, 2.24) is 4.98 Å². The number of pyridine rings is 1. The lowest BCUT2D eigenvalue weighted by molar-refractivity contribution is 0.102. The summed E-state index contributed by atoms with van der Waals surface area (Å²) >= 11 is 3.46. The van der Waals surface area contributed by atoms with E-state index in [1.54, 1.807) is 12.1 Å². The van der Waals surface area contributed by atoms with Crippen molar-refractivity contribution < 1.29 is 9.53 Å². The molecule has 2 aromatic rings. The fourth-order valence-electron chi connectivity index (χ4n) is 2.65. The van der Waals surface area contributed by atoms with Crippen LogP contribution in [0, 0.1) is 11.3 Å². The summed E-state index contributed by atoms with van der Waals surface area (Å²) in [5.74, 6) is 0.0673. The highest BCUT2D eigenvalue weighted by Crippen LogP contribution is 2.32. The number of ether oxygens (including phenoxy) is 1. The maximum atomic E-state index is 12.4. The van der Waals surface area contributed by atoms with Gasteiger partial charge in [0, 0.05) is 16.4 Å². The van der Waals surface area contributed by atoms with Gasteiger partial charge >= 0.3 is 0 Å². The van der Waals surface area contributed by atoms with Gasteiger partial charge in [0.1, 0.15) is 29.7 Å². The summed E-state index contributed by atoms with van der Waals surface area (Å²) in [4.78, 5) is 20.9. The quantitative estimate of drug-likeness (QED) is 0.746. The molecule has 3 rings (SSSR count). The van der Waals surface area contributed by atoms with E-state index in [-0.39, 0.29) is 24.0 Å². The van der Waals surface area contributed by atoms with Gasteiger partial charge in [-0.3, -0.25) is 9.79 Å². The van der Waals surface area contributed by atoms with Crippen LogP contribution in [0.4, 0.5) is 5.69 Å². The van der Waals surface area contributed by atoms with Crippen molar-refractivity contribution in [1.29, 1.82) is 5.26 Å². The van der Waals surface area contributed by atoms with E-state index in [9.17, 15) is 4.79 Å². The number of carbonyl (C=O) groups is 1. The molecule has 0 radical (unpaired) electrons. The Hall–Kier alpha value is -2.47. The lowest BCUT2D eigenvalue weighted by atomic mass is 9.92. The number of rotatable bonds is 3. The van der Waals surface area contributed by atoms with Crippen molar-refractivity contribution in [2.45, 2.75) is 12.5 Å². The SMILES string of the molecule is C[C@@]1(c2cc(Br)cc(NC(=O)c3ccc(C#N)cn3)c2)COCC(N)=N1.Cl. The van der Waals surface area contributed by atoms with Crippen LogP contribution in [0.3, 0.4) is 0 Å². The molecular weight excluding hydrogens is 434 g/mol. The molecule has 0 aliphatic carbocycles. The number of carbonyl (C=O) groups excluding carboxylic acids is 1. The molecule has 0 unspecified atom stereocenters. The molecule has 1 aliphatic heterocycles. The van der Waals surface area contributed by atoms with Gasteiger partial charge in [-0.05, 0) is 42.8 Å². The molecule has 3 N–H and O–H groups in total. The first-order valence-electron chi connectivity index (χ1n) is 7.80. The molecule has 9 heteroatoms. The average Bonchev–Trinajstić information content (AvgIpc) is 2.61. The summed E-state index contributed by atoms with van der Waals surface area (Å²) in [6.45, 7) is 2.64. The fraction of sp³-hybridized carbons (Fsp3) is 0.222. The second kappa shape index (κ2) is 8.48. The monoisotopic (exact) mass is 449 g/mol. The van der Waals surface area contributed by atoms with Gasteiger partial charge in [-0.15, -0.1) is 12.4 Å². The van der Waals surface area contributed by atoms with Crippen LogP contribution in [0.1, 0.15) is 28.5 Å². The summed E-state index contributed by atoms with van der Waals surface area (Å²) in [6, 6.07) is 10.6. The number of aliphatic imine (C=N–C) groups is 1. The number of hydrogen-bond acceptors (Lipinski definition) is 6. The van der Waals surface area contributed by atoms with Crippen LogP contribution in [0.5, 0.6) is 0 Å². The van der Waals surface area contributed by atoms with Gasteiger partial charge in [0.2, 0.25) is 0 Å². The highest BCUT2D eigenvalue weighted by Gasteiger charge is 2.30. The molecule has 0 spiro atoms. The Balaban J connectivity index is 0.00000261. The number of nitrogens with zero attached hydrogens (tertiary/aromatic N) is 3. The van der Waals surface area contributed by atoms with Crippen molar-refractivity contribution in [3.05, 3.63) is 57.8 Å². The van der Waals surface area contributed by atoms with E-state index < -0.39 is 5.54 Å². The molecule has 7 nitrogen and oxygen atoms in total. The highest BCUT2D eigenvalue weighted by atomic mass is 79.9. The summed E-state index contributed by atoms with van der Waals surface area (Å²) in [7, 11) is 0. The minimum absolute atomic E-state index is 0. The third-order valence-corrected chi connectivity index (χ3v) is 4.38. The third kappa shape index (κ3) is 4.83. The number of halogens is 2. The van der Waals surface area contributed by atoms with Crippen LogP contribution in [-0.4, -0.2) is 29.9 Å². The van der Waals surface area contributed by atoms with Crippen LogP contribution in [0.25, 0.3) is 0 Å². The Kier molecular flexibility index (Phi) is 6.54. The molecule has 0 fully saturated rings. The van der Waals surface area contributed by atoms with E-state index in [0.29, 0.717) is 30.3 Å². The molecule has 0 bridgehead atoms. The number of hydrogen-bond donors (Lipinski definition) is 2. The average molecular weight is 451 g/mol. The van der Waals surface area contributed by atoms with Crippen LogP contribution >= 0.6 is 28.3 Å². The van der Waals surface area contributed by atoms with Crippen LogP contribution in [0.2, 0.25) is 0 Å². The number of nitrogens with one attached hydrogen (secondary N) is 1. The van der Waals surface area contributed by atoms with Crippen molar-refractivity contribution in [2.24, 2.45) is 10.7 Å². The Morgan fingerprint density at radius 1 is 1.41 bits per heavy atom. The minimum atomic E-state index is -0.627. The van der Waals surface area contributed by atoms with Crippen LogP contribution < -0.4 is 11.1 Å². The standard InChI is InChI=1S/C18H16BrN5O2.ClH/c1-18(10-26-9-16(21)24-18)12-4-13(19)6-14(5-12)23-17(25)15-3-2-11(7-20)8-22-15;/h2-6,8H,9-10H2,1H3,(H2,21,24)(H,23,25);1H/t18-;/m0./s1. The second-order valence-electron chi connectivity index (χ2n) is 6.10. The molecule has 1 aromatic carbocycles. The van der Waals surface area contributed by atoms with Gasteiger partial charge in [-0.25, -0.2) is 4.98 Å². The van der Waals surface area contributed by atoms with Crippen molar-refractivity contribution >= 4 is 45.8 Å². The Labute approximate surface area is 171 Å². The lowest BCUT2D eigenvalue weighted by Crippen LogP contribution is -2.37. The maximum Gasteiger partial charge on any atom is 0.274 e. The zero-order valence-electron chi connectivity index (χ0n) is 14.4. The molecule has 1 atom stereocenters. The fourth-order valence-corrected chi connectivity index (χ4v) is 3.14. The normalized spacial score (nSPS) is 18.6. The van der Waals surface area contributed by atoms with Gasteiger partial charge in [0.15, 0.2) is 0 Å². The van der Waals surface area contributed by atoms with Gasteiger partial charge < -0.3 is 15.8 Å². The van der Waals surface area contributed by atoms with Gasteiger partial charge in [0.05, 0.1) is 12.2 Å². The third-order valence-electron chi connectivity index (χ3n) is 3.93. The van der Waals surface area contributed by atoms with Gasteiger partial charge in [-0.2, -0.15) is 5.26 Å². The van der Waals surface area contributed by atoms with Crippen molar-refractivity contribution in [3.8, 4) is 6.07 Å². The predicted molar refractivity (Wildman–Crippen MR) is 108 cm³/mol. The van der Waals surface area contributed by atoms with E-state index in [2.05, 4.69) is 31.2 Å². The van der Waals surface area contributed by atoms with E-state index in [1.165, 1.54) is 12.3 Å². The first-order chi connectivity index (χ1) is 12.4. The highest BCUT2D eigenvalue weighted by molar-refractivity contribution is 9.10. The second-order valence-corrected chi connectivity index (χ2v) is 7.01. The number of aromatic nitrogens is 1. The predicted octanol–water partition coefficient (Wildman–Crippen LogP) is 2.99. The number of nitrogens with two attached hydrogens (primary N) is 1. The lowest BCUT2D eigenvalue weighted by Gasteiger charge is -2.30. The first kappa shape index (κ1) is 20.8. The molecule has 1 aliphatic rings. The number of benzene rings is 1. The molecule has 1 aromatic heterocycles. The summed E-state index contributed by atoms with van der Waals surface area (Å²) in [5, 5.41) is 11.6.